The van der Waals surface area contributed by atoms with Crippen molar-refractivity contribution >= 4 is 0 Å². The predicted molar refractivity (Wildman–Crippen MR) is 82.4 cm³/mol. The normalized spacial score (nSPS) is 58.6. The summed E-state index contributed by atoms with van der Waals surface area (Å²) >= 11 is 0. The Morgan fingerprint density at radius 1 is 0.850 bits per heavy atom. The summed E-state index contributed by atoms with van der Waals surface area (Å²) in [4.78, 5) is 0. The van der Waals surface area contributed by atoms with Crippen LogP contribution in [0.25, 0.3) is 0 Å². The zero-order valence-corrected chi connectivity index (χ0v) is 13.4. The number of aliphatic hydroxyl groups excluding tert-OH is 1. The summed E-state index contributed by atoms with van der Waals surface area (Å²) in [6.45, 7) is 5.19. The Hall–Kier alpha value is -0.0400. The van der Waals surface area contributed by atoms with Crippen LogP contribution in [0.2, 0.25) is 0 Å². The summed E-state index contributed by atoms with van der Waals surface area (Å²) < 4.78 is 0. The Morgan fingerprint density at radius 3 is 2.55 bits per heavy atom. The van der Waals surface area contributed by atoms with Gasteiger partial charge in [0.2, 0.25) is 0 Å². The minimum atomic E-state index is 0.00459. The first-order valence-corrected chi connectivity index (χ1v) is 9.21. The van der Waals surface area contributed by atoms with Crippen LogP contribution >= 0.6 is 0 Å². The highest BCUT2D eigenvalue weighted by Gasteiger charge is 2.57. The molecule has 4 saturated carbocycles. The van der Waals surface area contributed by atoms with Crippen LogP contribution in [0, 0.1) is 34.5 Å². The maximum atomic E-state index is 10.0. The monoisotopic (exact) mass is 276 g/mol. The molecule has 4 aliphatic rings. The average molecular weight is 276 g/mol. The summed E-state index contributed by atoms with van der Waals surface area (Å²) in [6, 6.07) is 0. The largest absolute Gasteiger partial charge is 0.393 e. The van der Waals surface area contributed by atoms with E-state index in [0.29, 0.717) is 10.8 Å². The van der Waals surface area contributed by atoms with Gasteiger partial charge in [0.05, 0.1) is 6.10 Å². The van der Waals surface area contributed by atoms with E-state index in [0.717, 1.165) is 36.5 Å². The third-order valence-electron chi connectivity index (χ3n) is 8.42. The quantitative estimate of drug-likeness (QED) is 0.675. The van der Waals surface area contributed by atoms with Crippen LogP contribution in [0.1, 0.15) is 78.1 Å². The lowest BCUT2D eigenvalue weighted by Crippen LogP contribution is -2.53. The smallest absolute Gasteiger partial charge is 0.0543 e. The molecule has 4 rings (SSSR count). The maximum Gasteiger partial charge on any atom is 0.0543 e. The molecule has 0 heterocycles. The molecule has 0 aliphatic heterocycles. The van der Waals surface area contributed by atoms with Gasteiger partial charge < -0.3 is 5.11 Å². The Kier molecular flexibility index (Phi) is 3.05. The topological polar surface area (TPSA) is 20.2 Å². The molecule has 0 unspecified atom stereocenters. The fraction of sp³-hybridized carbons (Fsp3) is 1.00. The predicted octanol–water partition coefficient (Wildman–Crippen LogP) is 4.78. The van der Waals surface area contributed by atoms with Crippen LogP contribution in [0.3, 0.4) is 0 Å². The molecule has 0 amide bonds. The number of fused-ring (bicyclic) bond motifs is 5. The van der Waals surface area contributed by atoms with Crippen molar-refractivity contribution in [2.24, 2.45) is 34.5 Å². The van der Waals surface area contributed by atoms with Crippen LogP contribution < -0.4 is 0 Å². The van der Waals surface area contributed by atoms with Gasteiger partial charge in [-0.2, -0.15) is 0 Å². The van der Waals surface area contributed by atoms with Gasteiger partial charge in [-0.05, 0) is 92.3 Å². The fourth-order valence-electron chi connectivity index (χ4n) is 7.23. The van der Waals surface area contributed by atoms with E-state index in [-0.39, 0.29) is 6.10 Å². The molecular formula is C19H32O. The van der Waals surface area contributed by atoms with E-state index in [1.165, 1.54) is 51.4 Å². The molecule has 1 nitrogen and oxygen atoms in total. The molecule has 114 valence electrons. The SMILES string of the molecule is C[C@@]12CCC[C@@H]1[C@H]1CC[C@H]3C[C@@H](O)CC[C@]3(C)[C@H]1CC2. The van der Waals surface area contributed by atoms with Crippen molar-refractivity contribution in [1.29, 1.82) is 0 Å². The van der Waals surface area contributed by atoms with Gasteiger partial charge in [-0.3, -0.25) is 0 Å². The summed E-state index contributed by atoms with van der Waals surface area (Å²) in [5.74, 6) is 3.85. The van der Waals surface area contributed by atoms with E-state index in [1.807, 2.05) is 0 Å². The molecule has 0 aromatic heterocycles. The van der Waals surface area contributed by atoms with Crippen molar-refractivity contribution in [2.45, 2.75) is 84.2 Å². The standard InChI is InChI=1S/C19H32O/c1-18-9-3-4-16(18)15-6-5-13-12-14(20)7-11-19(13,2)17(15)8-10-18/h13-17,20H,3-12H2,1-2H3/t13-,14-,15+,16+,17-,18-,19-/m0/s1. The second kappa shape index (κ2) is 4.48. The molecule has 0 saturated heterocycles. The van der Waals surface area contributed by atoms with Crippen molar-refractivity contribution in [3.05, 3.63) is 0 Å². The average Bonchev–Trinajstić information content (AvgIpc) is 2.81. The van der Waals surface area contributed by atoms with Crippen LogP contribution in [-0.2, 0) is 0 Å². The molecule has 1 N–H and O–H groups in total. The Morgan fingerprint density at radius 2 is 1.70 bits per heavy atom. The van der Waals surface area contributed by atoms with E-state index in [2.05, 4.69) is 13.8 Å². The second-order valence-electron chi connectivity index (χ2n) is 9.17. The molecule has 0 radical (unpaired) electrons. The molecule has 4 aliphatic carbocycles. The van der Waals surface area contributed by atoms with E-state index >= 15 is 0 Å². The summed E-state index contributed by atoms with van der Waals surface area (Å²) in [5, 5.41) is 10.0. The lowest BCUT2D eigenvalue weighted by atomic mass is 9.45. The van der Waals surface area contributed by atoms with Crippen LogP contribution in [0.5, 0.6) is 0 Å². The zero-order valence-electron chi connectivity index (χ0n) is 13.4. The number of aliphatic hydroxyl groups is 1. The van der Waals surface area contributed by atoms with E-state index in [1.54, 1.807) is 0 Å². The van der Waals surface area contributed by atoms with Crippen LogP contribution in [0.4, 0.5) is 0 Å². The maximum absolute atomic E-state index is 10.0. The van der Waals surface area contributed by atoms with Gasteiger partial charge in [0.1, 0.15) is 0 Å². The minimum Gasteiger partial charge on any atom is -0.393 e. The summed E-state index contributed by atoms with van der Waals surface area (Å²) in [5.41, 5.74) is 1.25. The van der Waals surface area contributed by atoms with Gasteiger partial charge in [0.25, 0.3) is 0 Å². The highest BCUT2D eigenvalue weighted by atomic mass is 16.3. The summed E-state index contributed by atoms with van der Waals surface area (Å²) in [7, 11) is 0. The third kappa shape index (κ3) is 1.77. The van der Waals surface area contributed by atoms with E-state index in [9.17, 15) is 5.11 Å². The molecule has 0 spiro atoms. The van der Waals surface area contributed by atoms with Crippen LogP contribution in [0.15, 0.2) is 0 Å². The van der Waals surface area contributed by atoms with Crippen molar-refractivity contribution in [3.63, 3.8) is 0 Å². The molecule has 0 aromatic rings. The Bertz CT molecular complexity index is 391. The molecule has 0 bridgehead atoms. The number of rotatable bonds is 0. The van der Waals surface area contributed by atoms with E-state index in [4.69, 9.17) is 0 Å². The highest BCUT2D eigenvalue weighted by molar-refractivity contribution is 5.07. The van der Waals surface area contributed by atoms with Gasteiger partial charge in [0.15, 0.2) is 0 Å². The van der Waals surface area contributed by atoms with E-state index < -0.39 is 0 Å². The third-order valence-corrected chi connectivity index (χ3v) is 8.42. The Balaban J connectivity index is 1.62. The summed E-state index contributed by atoms with van der Waals surface area (Å²) in [6.07, 6.45) is 13.8. The van der Waals surface area contributed by atoms with Gasteiger partial charge in [-0.15, -0.1) is 0 Å². The highest BCUT2D eigenvalue weighted by Crippen LogP contribution is 2.66. The van der Waals surface area contributed by atoms with Crippen molar-refractivity contribution in [2.75, 3.05) is 0 Å². The van der Waals surface area contributed by atoms with Gasteiger partial charge in [-0.1, -0.05) is 20.3 Å². The molecular weight excluding hydrogens is 244 g/mol. The van der Waals surface area contributed by atoms with Crippen molar-refractivity contribution < 1.29 is 5.11 Å². The molecule has 7 atom stereocenters. The van der Waals surface area contributed by atoms with Crippen molar-refractivity contribution in [3.8, 4) is 0 Å². The first-order chi connectivity index (χ1) is 9.53. The van der Waals surface area contributed by atoms with Crippen molar-refractivity contribution in [1.82, 2.24) is 0 Å². The van der Waals surface area contributed by atoms with Gasteiger partial charge in [0, 0.05) is 0 Å². The minimum absolute atomic E-state index is 0.00459. The first-order valence-electron chi connectivity index (χ1n) is 9.21. The number of hydrogen-bond donors (Lipinski definition) is 1. The number of hydrogen-bond acceptors (Lipinski definition) is 1. The first kappa shape index (κ1) is 13.6. The molecule has 1 heteroatoms. The molecule has 20 heavy (non-hydrogen) atoms. The van der Waals surface area contributed by atoms with Gasteiger partial charge >= 0.3 is 0 Å². The lowest BCUT2D eigenvalue weighted by molar-refractivity contribution is -0.120. The lowest BCUT2D eigenvalue weighted by Gasteiger charge is -2.60. The molecule has 0 aromatic carbocycles. The molecule has 4 fully saturated rings. The zero-order chi connectivity index (χ0) is 14.0. The Labute approximate surface area is 124 Å². The fourth-order valence-corrected chi connectivity index (χ4v) is 7.23. The van der Waals surface area contributed by atoms with Gasteiger partial charge in [-0.25, -0.2) is 0 Å². The second-order valence-corrected chi connectivity index (χ2v) is 9.17. The van der Waals surface area contributed by atoms with Crippen LogP contribution in [-0.4, -0.2) is 11.2 Å².